The van der Waals surface area contributed by atoms with Crippen molar-refractivity contribution in [1.29, 1.82) is 0 Å². The molecular formula is C27H25N3O6. The Labute approximate surface area is 208 Å². The molecule has 1 aliphatic rings. The van der Waals surface area contributed by atoms with Gasteiger partial charge in [0.25, 0.3) is 17.7 Å². The third-order valence-electron chi connectivity index (χ3n) is 5.82. The minimum Gasteiger partial charge on any atom is -0.497 e. The van der Waals surface area contributed by atoms with Crippen molar-refractivity contribution < 1.29 is 28.7 Å². The van der Waals surface area contributed by atoms with Crippen LogP contribution >= 0.6 is 0 Å². The predicted molar refractivity (Wildman–Crippen MR) is 132 cm³/mol. The number of hydrogen-bond donors (Lipinski definition) is 1. The molecule has 1 saturated heterocycles. The Morgan fingerprint density at radius 2 is 1.67 bits per heavy atom. The fourth-order valence-electron chi connectivity index (χ4n) is 4.00. The minimum absolute atomic E-state index is 0.167. The zero-order valence-corrected chi connectivity index (χ0v) is 20.1. The third kappa shape index (κ3) is 4.76. The molecule has 0 spiro atoms. The van der Waals surface area contributed by atoms with Gasteiger partial charge in [-0.25, -0.2) is 9.91 Å². The maximum atomic E-state index is 13.6. The van der Waals surface area contributed by atoms with Crippen molar-refractivity contribution in [2.24, 2.45) is 0 Å². The Morgan fingerprint density at radius 3 is 2.33 bits per heavy atom. The summed E-state index contributed by atoms with van der Waals surface area (Å²) in [5.74, 6) is -1.58. The zero-order chi connectivity index (χ0) is 25.8. The van der Waals surface area contributed by atoms with Crippen molar-refractivity contribution in [3.63, 3.8) is 0 Å². The number of benzene rings is 3. The van der Waals surface area contributed by atoms with Crippen molar-refractivity contribution in [1.82, 2.24) is 10.4 Å². The highest BCUT2D eigenvalue weighted by Crippen LogP contribution is 2.27. The molecule has 0 aliphatic carbocycles. The van der Waals surface area contributed by atoms with Gasteiger partial charge >= 0.3 is 0 Å². The maximum Gasteiger partial charge on any atom is 0.273 e. The van der Waals surface area contributed by atoms with Gasteiger partial charge in [-0.05, 0) is 61.0 Å². The minimum atomic E-state index is -1.24. The third-order valence-corrected chi connectivity index (χ3v) is 5.82. The van der Waals surface area contributed by atoms with E-state index in [-0.39, 0.29) is 17.5 Å². The number of rotatable bonds is 6. The molecule has 0 radical (unpaired) electrons. The molecule has 9 heteroatoms. The Hall–Kier alpha value is -4.66. The average Bonchev–Trinajstić information content (AvgIpc) is 3.19. The first-order valence-electron chi connectivity index (χ1n) is 11.2. The largest absolute Gasteiger partial charge is 0.497 e. The van der Waals surface area contributed by atoms with E-state index in [1.54, 1.807) is 48.5 Å². The maximum absolute atomic E-state index is 13.6. The highest BCUT2D eigenvalue weighted by molar-refractivity contribution is 6.23. The normalized spacial score (nSPS) is 15.0. The SMILES string of the molecule is COc1ccc(C(=O)N(NC(=O)c2ccccc2OC)C2CC(=O)N(c3cccc(C)c3)C2=O)cc1. The first kappa shape index (κ1) is 24.5. The molecule has 0 saturated carbocycles. The number of para-hydroxylation sites is 1. The number of carbonyl (C=O) groups is 4. The molecule has 184 valence electrons. The van der Waals surface area contributed by atoms with Crippen molar-refractivity contribution in [3.8, 4) is 11.5 Å². The summed E-state index contributed by atoms with van der Waals surface area (Å²) in [5, 5.41) is 0.923. The molecule has 1 atom stereocenters. The molecule has 9 nitrogen and oxygen atoms in total. The van der Waals surface area contributed by atoms with Crippen molar-refractivity contribution in [2.45, 2.75) is 19.4 Å². The molecule has 1 heterocycles. The van der Waals surface area contributed by atoms with Gasteiger partial charge in [0.05, 0.1) is 31.9 Å². The second-order valence-electron chi connectivity index (χ2n) is 8.17. The summed E-state index contributed by atoms with van der Waals surface area (Å²) in [6.07, 6.45) is -0.291. The fraction of sp³-hybridized carbons (Fsp3) is 0.185. The number of methoxy groups -OCH3 is 2. The second-order valence-corrected chi connectivity index (χ2v) is 8.17. The summed E-state index contributed by atoms with van der Waals surface area (Å²) in [6.45, 7) is 1.85. The van der Waals surface area contributed by atoms with Gasteiger partial charge in [0.1, 0.15) is 17.5 Å². The Kier molecular flexibility index (Phi) is 7.00. The number of amides is 4. The molecule has 36 heavy (non-hydrogen) atoms. The predicted octanol–water partition coefficient (Wildman–Crippen LogP) is 3.13. The van der Waals surface area contributed by atoms with Gasteiger partial charge in [-0.1, -0.05) is 24.3 Å². The summed E-state index contributed by atoms with van der Waals surface area (Å²) in [6, 6.07) is 18.4. The smallest absolute Gasteiger partial charge is 0.273 e. The monoisotopic (exact) mass is 487 g/mol. The van der Waals surface area contributed by atoms with Crippen LogP contribution in [-0.2, 0) is 9.59 Å². The quantitative estimate of drug-likeness (QED) is 0.423. The fourth-order valence-corrected chi connectivity index (χ4v) is 4.00. The Morgan fingerprint density at radius 1 is 0.944 bits per heavy atom. The summed E-state index contributed by atoms with van der Waals surface area (Å²) in [5.41, 5.74) is 4.18. The molecule has 1 fully saturated rings. The van der Waals surface area contributed by atoms with E-state index < -0.39 is 29.7 Å². The number of ether oxygens (including phenoxy) is 2. The van der Waals surface area contributed by atoms with Gasteiger partial charge in [0, 0.05) is 5.56 Å². The van der Waals surface area contributed by atoms with E-state index in [4.69, 9.17) is 9.47 Å². The molecule has 0 bridgehead atoms. The van der Waals surface area contributed by atoms with E-state index in [2.05, 4.69) is 5.43 Å². The van der Waals surface area contributed by atoms with Gasteiger partial charge in [-0.15, -0.1) is 0 Å². The van der Waals surface area contributed by atoms with Gasteiger partial charge in [0.2, 0.25) is 5.91 Å². The van der Waals surface area contributed by atoms with E-state index in [0.717, 1.165) is 15.5 Å². The van der Waals surface area contributed by atoms with Gasteiger partial charge < -0.3 is 9.47 Å². The number of hydrazine groups is 1. The van der Waals surface area contributed by atoms with E-state index >= 15 is 0 Å². The lowest BCUT2D eigenvalue weighted by atomic mass is 10.1. The van der Waals surface area contributed by atoms with Crippen LogP contribution in [-0.4, -0.2) is 48.9 Å². The summed E-state index contributed by atoms with van der Waals surface area (Å²) >= 11 is 0. The van der Waals surface area contributed by atoms with E-state index in [1.165, 1.54) is 32.4 Å². The van der Waals surface area contributed by atoms with Crippen LogP contribution in [0, 0.1) is 6.92 Å². The van der Waals surface area contributed by atoms with Crippen LogP contribution in [0.5, 0.6) is 11.5 Å². The lowest BCUT2D eigenvalue weighted by Gasteiger charge is -2.28. The topological polar surface area (TPSA) is 105 Å². The van der Waals surface area contributed by atoms with E-state index in [9.17, 15) is 19.2 Å². The Balaban J connectivity index is 1.70. The van der Waals surface area contributed by atoms with Crippen molar-refractivity contribution in [3.05, 3.63) is 89.5 Å². The lowest BCUT2D eigenvalue weighted by Crippen LogP contribution is -2.54. The molecule has 3 aromatic carbocycles. The van der Waals surface area contributed by atoms with Crippen LogP contribution in [0.2, 0.25) is 0 Å². The van der Waals surface area contributed by atoms with Crippen LogP contribution in [0.3, 0.4) is 0 Å². The van der Waals surface area contributed by atoms with Gasteiger partial charge in [0.15, 0.2) is 0 Å². The van der Waals surface area contributed by atoms with Crippen LogP contribution < -0.4 is 19.8 Å². The van der Waals surface area contributed by atoms with Crippen LogP contribution in [0.25, 0.3) is 0 Å². The van der Waals surface area contributed by atoms with Crippen LogP contribution in [0.4, 0.5) is 5.69 Å². The number of nitrogens with one attached hydrogen (secondary N) is 1. The molecule has 1 N–H and O–H groups in total. The first-order valence-corrected chi connectivity index (χ1v) is 11.2. The highest BCUT2D eigenvalue weighted by Gasteiger charge is 2.45. The lowest BCUT2D eigenvalue weighted by molar-refractivity contribution is -0.122. The van der Waals surface area contributed by atoms with E-state index in [1.807, 2.05) is 13.0 Å². The molecular weight excluding hydrogens is 462 g/mol. The summed E-state index contributed by atoms with van der Waals surface area (Å²) < 4.78 is 10.4. The molecule has 1 unspecified atom stereocenters. The number of nitrogens with zero attached hydrogens (tertiary/aromatic N) is 2. The first-order chi connectivity index (χ1) is 17.3. The summed E-state index contributed by atoms with van der Waals surface area (Å²) in [4.78, 5) is 54.2. The van der Waals surface area contributed by atoms with Gasteiger partial charge in [-0.3, -0.25) is 24.6 Å². The van der Waals surface area contributed by atoms with Crippen LogP contribution in [0.15, 0.2) is 72.8 Å². The van der Waals surface area contributed by atoms with Crippen LogP contribution in [0.1, 0.15) is 32.7 Å². The van der Waals surface area contributed by atoms with Gasteiger partial charge in [-0.2, -0.15) is 0 Å². The number of anilines is 1. The van der Waals surface area contributed by atoms with Crippen molar-refractivity contribution >= 4 is 29.3 Å². The molecule has 4 amide bonds. The molecule has 3 aromatic rings. The number of carbonyl (C=O) groups excluding carboxylic acids is 4. The molecule has 0 aromatic heterocycles. The number of imide groups is 1. The molecule has 4 rings (SSSR count). The standard InChI is InChI=1S/C27H25N3O6/c1-17-7-6-8-19(15-17)29-24(31)16-22(27(29)34)30(26(33)18-11-13-20(35-2)14-12-18)28-25(32)21-9-4-5-10-23(21)36-3/h4-15,22H,16H2,1-3H3,(H,28,32). The number of hydrogen-bond acceptors (Lipinski definition) is 6. The zero-order valence-electron chi connectivity index (χ0n) is 20.1. The highest BCUT2D eigenvalue weighted by atomic mass is 16.5. The summed E-state index contributed by atoms with van der Waals surface area (Å²) in [7, 11) is 2.92. The average molecular weight is 488 g/mol. The van der Waals surface area contributed by atoms with Crippen molar-refractivity contribution in [2.75, 3.05) is 19.1 Å². The second kappa shape index (κ2) is 10.3. The van der Waals surface area contributed by atoms with E-state index in [0.29, 0.717) is 17.2 Å². The number of aryl methyl sites for hydroxylation is 1. The molecule has 1 aliphatic heterocycles. The Bertz CT molecular complexity index is 1320.